The molecule has 19 heavy (non-hydrogen) atoms. The van der Waals surface area contributed by atoms with Crippen LogP contribution in [-0.4, -0.2) is 11.0 Å². The number of ketones is 1. The van der Waals surface area contributed by atoms with Gasteiger partial charge < -0.3 is 0 Å². The molecule has 2 nitrogen and oxygen atoms in total. The maximum absolute atomic E-state index is 13.4. The molecular formula is C15H18FNOS. The first-order valence-corrected chi connectivity index (χ1v) is 7.10. The van der Waals surface area contributed by atoms with Gasteiger partial charge in [0.25, 0.3) is 0 Å². The van der Waals surface area contributed by atoms with Crippen molar-refractivity contribution in [3.8, 4) is 6.07 Å². The minimum Gasteiger partial charge on any atom is -0.299 e. The highest BCUT2D eigenvalue weighted by molar-refractivity contribution is 8.00. The number of carbonyl (C=O) groups is 1. The predicted octanol–water partition coefficient (Wildman–Crippen LogP) is 4.10. The highest BCUT2D eigenvalue weighted by Gasteiger charge is 2.19. The van der Waals surface area contributed by atoms with Crippen molar-refractivity contribution < 1.29 is 9.18 Å². The summed E-state index contributed by atoms with van der Waals surface area (Å²) in [7, 11) is 0. The average Bonchev–Trinajstić information content (AvgIpc) is 2.31. The summed E-state index contributed by atoms with van der Waals surface area (Å²) >= 11 is 1.36. The second kappa shape index (κ2) is 6.72. The lowest BCUT2D eigenvalue weighted by Gasteiger charge is -2.16. The molecule has 0 fully saturated rings. The van der Waals surface area contributed by atoms with E-state index in [4.69, 9.17) is 5.26 Å². The SMILES string of the molecule is CC(=O)C(CC(C)C)Sc1cc(C)c(F)cc1C#N. The molecule has 0 aliphatic carbocycles. The highest BCUT2D eigenvalue weighted by Crippen LogP contribution is 2.32. The Kier molecular flexibility index (Phi) is 5.56. The minimum absolute atomic E-state index is 0.0876. The van der Waals surface area contributed by atoms with Gasteiger partial charge in [-0.05, 0) is 43.9 Å². The second-order valence-corrected chi connectivity index (χ2v) is 6.30. The molecule has 1 aromatic rings. The molecule has 102 valence electrons. The zero-order chi connectivity index (χ0) is 14.6. The maximum Gasteiger partial charge on any atom is 0.143 e. The van der Waals surface area contributed by atoms with Gasteiger partial charge in [0.15, 0.2) is 0 Å². The van der Waals surface area contributed by atoms with Crippen molar-refractivity contribution in [3.05, 3.63) is 29.1 Å². The smallest absolute Gasteiger partial charge is 0.143 e. The number of benzene rings is 1. The zero-order valence-electron chi connectivity index (χ0n) is 11.7. The summed E-state index contributed by atoms with van der Waals surface area (Å²) < 4.78 is 13.4. The van der Waals surface area contributed by atoms with E-state index in [0.29, 0.717) is 21.9 Å². The molecule has 1 aromatic carbocycles. The van der Waals surface area contributed by atoms with Crippen LogP contribution in [0.4, 0.5) is 4.39 Å². The fourth-order valence-corrected chi connectivity index (χ4v) is 3.15. The van der Waals surface area contributed by atoms with E-state index in [-0.39, 0.29) is 16.9 Å². The molecule has 0 aliphatic rings. The summed E-state index contributed by atoms with van der Waals surface area (Å²) in [4.78, 5) is 12.3. The summed E-state index contributed by atoms with van der Waals surface area (Å²) in [6.45, 7) is 7.32. The number of hydrogen-bond acceptors (Lipinski definition) is 3. The maximum atomic E-state index is 13.4. The first-order chi connectivity index (χ1) is 8.85. The number of nitrogens with zero attached hydrogens (tertiary/aromatic N) is 1. The number of Topliss-reactive ketones (excluding diaryl/α,β-unsaturated/α-hetero) is 1. The van der Waals surface area contributed by atoms with Crippen LogP contribution in [-0.2, 0) is 4.79 Å². The van der Waals surface area contributed by atoms with E-state index in [1.165, 1.54) is 17.8 Å². The van der Waals surface area contributed by atoms with E-state index in [1.807, 2.05) is 6.07 Å². The molecule has 0 saturated carbocycles. The topological polar surface area (TPSA) is 40.9 Å². The first kappa shape index (κ1) is 15.7. The Balaban J connectivity index is 3.06. The standard InChI is InChI=1S/C15H18FNOS/c1-9(2)5-14(11(4)18)19-15-6-10(3)13(16)7-12(15)8-17/h6-7,9,14H,5H2,1-4H3. The van der Waals surface area contributed by atoms with Crippen LogP contribution in [0.3, 0.4) is 0 Å². The molecule has 0 radical (unpaired) electrons. The van der Waals surface area contributed by atoms with Crippen LogP contribution in [0.25, 0.3) is 0 Å². The molecule has 0 bridgehead atoms. The number of thioether (sulfide) groups is 1. The third kappa shape index (κ3) is 4.36. The molecule has 0 N–H and O–H groups in total. The Morgan fingerprint density at radius 1 is 1.47 bits per heavy atom. The van der Waals surface area contributed by atoms with Crippen LogP contribution in [0, 0.1) is 30.0 Å². The molecule has 0 heterocycles. The second-order valence-electron chi connectivity index (χ2n) is 5.06. The van der Waals surface area contributed by atoms with E-state index < -0.39 is 0 Å². The van der Waals surface area contributed by atoms with E-state index in [9.17, 15) is 9.18 Å². The van der Waals surface area contributed by atoms with Gasteiger partial charge in [-0.2, -0.15) is 5.26 Å². The van der Waals surface area contributed by atoms with Crippen LogP contribution in [0.1, 0.15) is 38.3 Å². The van der Waals surface area contributed by atoms with Crippen molar-refractivity contribution in [2.24, 2.45) is 5.92 Å². The summed E-state index contributed by atoms with van der Waals surface area (Å²) in [6, 6.07) is 4.88. The van der Waals surface area contributed by atoms with Gasteiger partial charge in [0.05, 0.1) is 10.8 Å². The third-order valence-corrected chi connectivity index (χ3v) is 4.19. The Morgan fingerprint density at radius 3 is 2.58 bits per heavy atom. The van der Waals surface area contributed by atoms with Gasteiger partial charge in [0.2, 0.25) is 0 Å². The number of rotatable bonds is 5. The predicted molar refractivity (Wildman–Crippen MR) is 75.6 cm³/mol. The molecule has 0 saturated heterocycles. The molecule has 0 aliphatic heterocycles. The van der Waals surface area contributed by atoms with Gasteiger partial charge >= 0.3 is 0 Å². The molecule has 1 rings (SSSR count). The lowest BCUT2D eigenvalue weighted by Crippen LogP contribution is -2.16. The Labute approximate surface area is 118 Å². The molecule has 1 unspecified atom stereocenters. The van der Waals surface area contributed by atoms with Crippen LogP contribution in [0.5, 0.6) is 0 Å². The summed E-state index contributed by atoms with van der Waals surface area (Å²) in [5.74, 6) is 0.0992. The molecular weight excluding hydrogens is 261 g/mol. The third-order valence-electron chi connectivity index (χ3n) is 2.79. The molecule has 4 heteroatoms. The fraction of sp³-hybridized carbons (Fsp3) is 0.467. The van der Waals surface area contributed by atoms with Gasteiger partial charge in [-0.15, -0.1) is 11.8 Å². The number of nitriles is 1. The van der Waals surface area contributed by atoms with E-state index in [2.05, 4.69) is 13.8 Å². The van der Waals surface area contributed by atoms with Gasteiger partial charge in [-0.25, -0.2) is 4.39 Å². The molecule has 1 atom stereocenters. The van der Waals surface area contributed by atoms with Crippen molar-refractivity contribution in [2.45, 2.75) is 44.3 Å². The van der Waals surface area contributed by atoms with Crippen molar-refractivity contribution in [2.75, 3.05) is 0 Å². The molecule has 0 spiro atoms. The lowest BCUT2D eigenvalue weighted by atomic mass is 10.1. The average molecular weight is 279 g/mol. The minimum atomic E-state index is -0.385. The first-order valence-electron chi connectivity index (χ1n) is 6.22. The normalized spacial score (nSPS) is 12.3. The fourth-order valence-electron chi connectivity index (χ4n) is 1.72. The van der Waals surface area contributed by atoms with Crippen LogP contribution in [0.2, 0.25) is 0 Å². The van der Waals surface area contributed by atoms with Crippen LogP contribution in [0.15, 0.2) is 17.0 Å². The van der Waals surface area contributed by atoms with Crippen LogP contribution >= 0.6 is 11.8 Å². The van der Waals surface area contributed by atoms with E-state index in [1.54, 1.807) is 19.9 Å². The summed E-state index contributed by atoms with van der Waals surface area (Å²) in [5.41, 5.74) is 0.788. The summed E-state index contributed by atoms with van der Waals surface area (Å²) in [6.07, 6.45) is 0.751. The molecule has 0 aromatic heterocycles. The van der Waals surface area contributed by atoms with Gasteiger partial charge in [-0.3, -0.25) is 4.79 Å². The number of carbonyl (C=O) groups excluding carboxylic acids is 1. The van der Waals surface area contributed by atoms with E-state index in [0.717, 1.165) is 6.42 Å². The quantitative estimate of drug-likeness (QED) is 0.762. The van der Waals surface area contributed by atoms with Crippen molar-refractivity contribution in [3.63, 3.8) is 0 Å². The lowest BCUT2D eigenvalue weighted by molar-refractivity contribution is -0.116. The van der Waals surface area contributed by atoms with Crippen LogP contribution < -0.4 is 0 Å². The monoisotopic (exact) mass is 279 g/mol. The Hall–Kier alpha value is -1.34. The number of hydrogen-bond donors (Lipinski definition) is 0. The largest absolute Gasteiger partial charge is 0.299 e. The van der Waals surface area contributed by atoms with Gasteiger partial charge in [0.1, 0.15) is 17.7 Å². The Bertz CT molecular complexity index is 520. The van der Waals surface area contributed by atoms with E-state index >= 15 is 0 Å². The Morgan fingerprint density at radius 2 is 2.11 bits per heavy atom. The van der Waals surface area contributed by atoms with Gasteiger partial charge in [0, 0.05) is 4.90 Å². The number of halogens is 1. The van der Waals surface area contributed by atoms with Crippen molar-refractivity contribution in [1.29, 1.82) is 5.26 Å². The highest BCUT2D eigenvalue weighted by atomic mass is 32.2. The number of aryl methyl sites for hydroxylation is 1. The molecule has 0 amide bonds. The van der Waals surface area contributed by atoms with Crippen molar-refractivity contribution in [1.82, 2.24) is 0 Å². The zero-order valence-corrected chi connectivity index (χ0v) is 12.5. The van der Waals surface area contributed by atoms with Crippen molar-refractivity contribution >= 4 is 17.5 Å². The van der Waals surface area contributed by atoms with Gasteiger partial charge in [-0.1, -0.05) is 13.8 Å². The summed E-state index contributed by atoms with van der Waals surface area (Å²) in [5, 5.41) is 8.87.